The standard InChI is InChI=1S/C6H5N3O7S/c7-6-4(8(10)11)1-3(16-17(14)15)2-5(6)9(12)13/h1-2H,7H2,(H,14,15)/p-1. The molecule has 0 saturated carbocycles. The summed E-state index contributed by atoms with van der Waals surface area (Å²) in [4.78, 5) is 19.1. The van der Waals surface area contributed by atoms with E-state index in [9.17, 15) is 29.0 Å². The van der Waals surface area contributed by atoms with Gasteiger partial charge in [0.25, 0.3) is 0 Å². The minimum absolute atomic E-state index is 0.564. The van der Waals surface area contributed by atoms with Crippen molar-refractivity contribution in [2.45, 2.75) is 0 Å². The van der Waals surface area contributed by atoms with Crippen molar-refractivity contribution in [2.24, 2.45) is 0 Å². The molecule has 1 atom stereocenters. The number of rotatable bonds is 4. The SMILES string of the molecule is Nc1c([N+](=O)[O-])cc(OS(=O)[O-])cc1[N+](=O)[O-]. The summed E-state index contributed by atoms with van der Waals surface area (Å²) in [5.74, 6) is -0.564. The van der Waals surface area contributed by atoms with Crippen LogP contribution >= 0.6 is 0 Å². The summed E-state index contributed by atoms with van der Waals surface area (Å²) in [5.41, 5.74) is 2.90. The van der Waals surface area contributed by atoms with E-state index >= 15 is 0 Å². The molecule has 1 rings (SSSR count). The second-order valence-corrected chi connectivity index (χ2v) is 3.25. The van der Waals surface area contributed by atoms with E-state index in [0.717, 1.165) is 0 Å². The molecule has 0 bridgehead atoms. The van der Waals surface area contributed by atoms with Crippen LogP contribution < -0.4 is 9.92 Å². The van der Waals surface area contributed by atoms with Gasteiger partial charge >= 0.3 is 11.4 Å². The molecule has 0 aliphatic heterocycles. The van der Waals surface area contributed by atoms with Crippen molar-refractivity contribution >= 4 is 28.4 Å². The van der Waals surface area contributed by atoms with Crippen LogP contribution in [0.5, 0.6) is 5.75 Å². The smallest absolute Gasteiger partial charge is 0.303 e. The molecule has 0 aliphatic rings. The van der Waals surface area contributed by atoms with Gasteiger partial charge in [0, 0.05) is 0 Å². The zero-order valence-corrected chi connectivity index (χ0v) is 8.71. The van der Waals surface area contributed by atoms with Gasteiger partial charge in [0.05, 0.1) is 22.0 Å². The first-order chi connectivity index (χ1) is 7.82. The number of nitrogen functional groups attached to an aromatic ring is 1. The third kappa shape index (κ3) is 2.85. The van der Waals surface area contributed by atoms with E-state index in [1.165, 1.54) is 0 Å². The van der Waals surface area contributed by atoms with E-state index in [1.54, 1.807) is 0 Å². The lowest BCUT2D eigenvalue weighted by Crippen LogP contribution is -2.04. The molecule has 0 radical (unpaired) electrons. The Bertz CT molecular complexity index is 481. The van der Waals surface area contributed by atoms with E-state index in [2.05, 4.69) is 4.18 Å². The fraction of sp³-hybridized carbons (Fsp3) is 0. The average Bonchev–Trinajstić information content (AvgIpc) is 2.18. The van der Waals surface area contributed by atoms with Crippen LogP contribution in [0.3, 0.4) is 0 Å². The van der Waals surface area contributed by atoms with Crippen LogP contribution in [0.25, 0.3) is 0 Å². The van der Waals surface area contributed by atoms with Crippen molar-refractivity contribution in [3.8, 4) is 5.75 Å². The lowest BCUT2D eigenvalue weighted by atomic mass is 10.2. The number of nitro benzene ring substituents is 2. The number of hydrogen-bond donors (Lipinski definition) is 1. The van der Waals surface area contributed by atoms with Crippen molar-refractivity contribution in [3.05, 3.63) is 32.4 Å². The Labute approximate surface area is 95.8 Å². The first kappa shape index (κ1) is 12.8. The van der Waals surface area contributed by atoms with Gasteiger partial charge in [-0.2, -0.15) is 0 Å². The number of anilines is 1. The molecule has 0 fully saturated rings. The molecule has 0 heterocycles. The number of nitrogens with two attached hydrogens (primary N) is 1. The molecule has 0 amide bonds. The zero-order chi connectivity index (χ0) is 13.2. The molecule has 0 aliphatic carbocycles. The van der Waals surface area contributed by atoms with Crippen LogP contribution in [-0.2, 0) is 11.4 Å². The fourth-order valence-electron chi connectivity index (χ4n) is 1.03. The Morgan fingerprint density at radius 3 is 1.88 bits per heavy atom. The third-order valence-corrected chi connectivity index (χ3v) is 2.00. The highest BCUT2D eigenvalue weighted by Crippen LogP contribution is 2.35. The maximum atomic E-state index is 10.5. The normalized spacial score (nSPS) is 11.8. The van der Waals surface area contributed by atoms with E-state index < -0.39 is 44.0 Å². The van der Waals surface area contributed by atoms with Crippen LogP contribution in [0.15, 0.2) is 12.1 Å². The summed E-state index contributed by atoms with van der Waals surface area (Å²) < 4.78 is 24.5. The second-order valence-electron chi connectivity index (χ2n) is 2.68. The van der Waals surface area contributed by atoms with Gasteiger partial charge in [0.2, 0.25) is 0 Å². The summed E-state index contributed by atoms with van der Waals surface area (Å²) >= 11 is -3.00. The molecule has 1 aromatic carbocycles. The largest absolute Gasteiger partial charge is 0.740 e. The van der Waals surface area contributed by atoms with E-state index in [4.69, 9.17) is 5.73 Å². The molecule has 1 aromatic rings. The van der Waals surface area contributed by atoms with E-state index in [1.807, 2.05) is 0 Å². The molecule has 10 nitrogen and oxygen atoms in total. The number of nitrogens with zero attached hydrogens (tertiary/aromatic N) is 2. The predicted molar refractivity (Wildman–Crippen MR) is 53.7 cm³/mol. The van der Waals surface area contributed by atoms with Crippen molar-refractivity contribution < 1.29 is 22.8 Å². The Hall–Kier alpha value is -2.27. The Morgan fingerprint density at radius 2 is 1.59 bits per heavy atom. The minimum atomic E-state index is -3.00. The predicted octanol–water partition coefficient (Wildman–Crippen LogP) is 0.258. The van der Waals surface area contributed by atoms with Gasteiger partial charge in [0.1, 0.15) is 11.4 Å². The van der Waals surface area contributed by atoms with Gasteiger partial charge in [-0.3, -0.25) is 20.2 Å². The quantitative estimate of drug-likeness (QED) is 0.349. The van der Waals surface area contributed by atoms with Crippen LogP contribution in [0.1, 0.15) is 0 Å². The molecule has 0 saturated heterocycles. The minimum Gasteiger partial charge on any atom is -0.740 e. The lowest BCUT2D eigenvalue weighted by Gasteiger charge is -2.07. The second kappa shape index (κ2) is 4.71. The van der Waals surface area contributed by atoms with Crippen molar-refractivity contribution in [1.82, 2.24) is 0 Å². The van der Waals surface area contributed by atoms with Crippen molar-refractivity contribution in [3.63, 3.8) is 0 Å². The summed E-state index contributed by atoms with van der Waals surface area (Å²) in [6.45, 7) is 0. The Balaban J connectivity index is 3.41. The molecule has 2 N–H and O–H groups in total. The van der Waals surface area contributed by atoms with E-state index in [-0.39, 0.29) is 0 Å². The van der Waals surface area contributed by atoms with Gasteiger partial charge in [-0.25, -0.2) is 4.21 Å². The van der Waals surface area contributed by atoms with Crippen LogP contribution in [-0.4, -0.2) is 18.6 Å². The summed E-state index contributed by atoms with van der Waals surface area (Å²) in [7, 11) is 0. The topological polar surface area (TPSA) is 162 Å². The Kier molecular flexibility index (Phi) is 3.55. The Morgan fingerprint density at radius 1 is 1.18 bits per heavy atom. The maximum absolute atomic E-state index is 10.5. The van der Waals surface area contributed by atoms with Crippen LogP contribution in [0.4, 0.5) is 17.1 Å². The van der Waals surface area contributed by atoms with Crippen molar-refractivity contribution in [2.75, 3.05) is 5.73 Å². The van der Waals surface area contributed by atoms with Crippen LogP contribution in [0, 0.1) is 20.2 Å². The number of hydrogen-bond acceptors (Lipinski definition) is 8. The lowest BCUT2D eigenvalue weighted by molar-refractivity contribution is -0.392. The van der Waals surface area contributed by atoms with Gasteiger partial charge in [-0.15, -0.1) is 0 Å². The monoisotopic (exact) mass is 262 g/mol. The molecule has 0 spiro atoms. The molecular weight excluding hydrogens is 258 g/mol. The highest BCUT2D eigenvalue weighted by atomic mass is 32.2. The molecule has 11 heteroatoms. The molecular formula is C6H4N3O7S-. The molecule has 17 heavy (non-hydrogen) atoms. The third-order valence-electron chi connectivity index (χ3n) is 1.67. The summed E-state index contributed by atoms with van der Waals surface area (Å²) in [6.07, 6.45) is 0. The molecule has 92 valence electrons. The molecule has 1 unspecified atom stereocenters. The van der Waals surface area contributed by atoms with Gasteiger partial charge in [-0.05, 0) is 0 Å². The van der Waals surface area contributed by atoms with Crippen molar-refractivity contribution in [1.29, 1.82) is 0 Å². The molecule has 0 aromatic heterocycles. The number of nitro groups is 2. The average molecular weight is 262 g/mol. The van der Waals surface area contributed by atoms with Gasteiger partial charge < -0.3 is 14.5 Å². The van der Waals surface area contributed by atoms with Gasteiger partial charge in [-0.1, -0.05) is 0 Å². The highest BCUT2D eigenvalue weighted by molar-refractivity contribution is 7.74. The van der Waals surface area contributed by atoms with Gasteiger partial charge in [0.15, 0.2) is 11.4 Å². The fourth-order valence-corrected chi connectivity index (χ4v) is 1.28. The highest BCUT2D eigenvalue weighted by Gasteiger charge is 2.25. The first-order valence-electron chi connectivity index (χ1n) is 3.83. The summed E-state index contributed by atoms with van der Waals surface area (Å²) in [6, 6.07) is 1.36. The zero-order valence-electron chi connectivity index (χ0n) is 7.89. The maximum Gasteiger partial charge on any atom is 0.303 e. The van der Waals surface area contributed by atoms with Crippen LogP contribution in [0.2, 0.25) is 0 Å². The first-order valence-corrected chi connectivity index (χ1v) is 4.83. The summed E-state index contributed by atoms with van der Waals surface area (Å²) in [5, 5.41) is 21.1. The number of benzene rings is 1. The van der Waals surface area contributed by atoms with E-state index in [0.29, 0.717) is 12.1 Å².